The first-order valence-electron chi connectivity index (χ1n) is 7.90. The van der Waals surface area contributed by atoms with Crippen molar-refractivity contribution in [2.75, 3.05) is 26.2 Å². The minimum absolute atomic E-state index is 0.595. The van der Waals surface area contributed by atoms with Crippen LogP contribution in [-0.4, -0.2) is 53.3 Å². The second-order valence-electron chi connectivity index (χ2n) is 6.61. The average Bonchev–Trinajstić information content (AvgIpc) is 3.23. The molecule has 2 aliphatic carbocycles. The van der Waals surface area contributed by atoms with Crippen LogP contribution in [0.25, 0.3) is 0 Å². The van der Waals surface area contributed by atoms with Crippen LogP contribution in [0.2, 0.25) is 0 Å². The van der Waals surface area contributed by atoms with E-state index in [1.54, 1.807) is 0 Å². The number of rotatable bonds is 3. The molecule has 0 amide bonds. The highest BCUT2D eigenvalue weighted by Gasteiger charge is 2.34. The van der Waals surface area contributed by atoms with Crippen molar-refractivity contribution in [3.05, 3.63) is 0 Å². The van der Waals surface area contributed by atoms with Crippen molar-refractivity contribution in [2.45, 2.75) is 62.8 Å². The van der Waals surface area contributed by atoms with Gasteiger partial charge in [-0.1, -0.05) is 6.92 Å². The van der Waals surface area contributed by atoms with Gasteiger partial charge in [-0.3, -0.25) is 9.80 Å². The van der Waals surface area contributed by atoms with Crippen molar-refractivity contribution in [3.8, 4) is 0 Å². The Hall–Kier alpha value is 0.270. The van der Waals surface area contributed by atoms with Crippen LogP contribution in [0.4, 0.5) is 0 Å². The van der Waals surface area contributed by atoms with E-state index >= 15 is 0 Å². The van der Waals surface area contributed by atoms with Crippen molar-refractivity contribution in [1.82, 2.24) is 9.80 Å². The maximum atomic E-state index is 4.62. The topological polar surface area (TPSA) is 6.48 Å². The van der Waals surface area contributed by atoms with Gasteiger partial charge in [-0.15, -0.1) is 0 Å². The van der Waals surface area contributed by atoms with Crippen molar-refractivity contribution < 1.29 is 0 Å². The van der Waals surface area contributed by atoms with E-state index in [0.717, 1.165) is 18.0 Å². The molecular formula is C15H28N2S. The second-order valence-corrected chi connectivity index (χ2v) is 7.43. The molecular weight excluding hydrogens is 240 g/mol. The lowest BCUT2D eigenvalue weighted by atomic mass is 9.83. The maximum absolute atomic E-state index is 4.62. The van der Waals surface area contributed by atoms with Gasteiger partial charge in [0.15, 0.2) is 0 Å². The normalized spacial score (nSPS) is 37.7. The molecule has 3 rings (SSSR count). The number of nitrogens with zero attached hydrogens (tertiary/aromatic N) is 2. The lowest BCUT2D eigenvalue weighted by Crippen LogP contribution is -2.51. The van der Waals surface area contributed by atoms with Crippen LogP contribution >= 0.6 is 12.6 Å². The van der Waals surface area contributed by atoms with E-state index in [-0.39, 0.29) is 0 Å². The van der Waals surface area contributed by atoms with Crippen LogP contribution in [0.3, 0.4) is 0 Å². The van der Waals surface area contributed by atoms with Crippen molar-refractivity contribution >= 4 is 12.6 Å². The molecule has 2 saturated carbocycles. The molecule has 3 heteroatoms. The van der Waals surface area contributed by atoms with Crippen LogP contribution < -0.4 is 0 Å². The predicted molar refractivity (Wildman–Crippen MR) is 80.4 cm³/mol. The summed E-state index contributed by atoms with van der Waals surface area (Å²) in [5.41, 5.74) is 0. The Labute approximate surface area is 118 Å². The van der Waals surface area contributed by atoms with Crippen LogP contribution in [0.5, 0.6) is 0 Å². The van der Waals surface area contributed by atoms with Crippen molar-refractivity contribution in [2.24, 2.45) is 5.92 Å². The smallest absolute Gasteiger partial charge is 0.0113 e. The summed E-state index contributed by atoms with van der Waals surface area (Å²) >= 11 is 4.62. The molecule has 3 fully saturated rings. The Kier molecular flexibility index (Phi) is 4.21. The van der Waals surface area contributed by atoms with E-state index in [4.69, 9.17) is 0 Å². The molecule has 1 unspecified atom stereocenters. The molecule has 0 radical (unpaired) electrons. The molecule has 0 spiro atoms. The van der Waals surface area contributed by atoms with Gasteiger partial charge in [0, 0.05) is 43.5 Å². The molecule has 0 aromatic rings. The summed E-state index contributed by atoms with van der Waals surface area (Å²) in [4.78, 5) is 5.50. The molecule has 1 atom stereocenters. The van der Waals surface area contributed by atoms with E-state index in [1.165, 1.54) is 64.7 Å². The summed E-state index contributed by atoms with van der Waals surface area (Å²) in [7, 11) is 0. The average molecular weight is 268 g/mol. The highest BCUT2D eigenvalue weighted by molar-refractivity contribution is 7.80. The minimum atomic E-state index is 0.595. The largest absolute Gasteiger partial charge is 0.298 e. The monoisotopic (exact) mass is 268 g/mol. The summed E-state index contributed by atoms with van der Waals surface area (Å²) in [6.45, 7) is 7.56. The van der Waals surface area contributed by atoms with Gasteiger partial charge in [0.1, 0.15) is 0 Å². The third-order valence-electron chi connectivity index (χ3n) is 5.35. The van der Waals surface area contributed by atoms with Gasteiger partial charge in [0.2, 0.25) is 0 Å². The van der Waals surface area contributed by atoms with Crippen LogP contribution in [0.1, 0.15) is 45.4 Å². The summed E-state index contributed by atoms with van der Waals surface area (Å²) in [5, 5.41) is 0.595. The van der Waals surface area contributed by atoms with Gasteiger partial charge in [0.05, 0.1) is 0 Å². The Bertz CT molecular complexity index is 242. The Morgan fingerprint density at radius 1 is 0.778 bits per heavy atom. The summed E-state index contributed by atoms with van der Waals surface area (Å²) in [6.07, 6.45) is 8.56. The molecule has 3 aliphatic rings. The molecule has 0 bridgehead atoms. The molecule has 1 aliphatic heterocycles. The molecule has 2 nitrogen and oxygen atoms in total. The lowest BCUT2D eigenvalue weighted by Gasteiger charge is -2.42. The zero-order valence-electron chi connectivity index (χ0n) is 11.7. The SMILES string of the molecule is CC(S)C1CCC(N2CCN(C3CC3)CC2)CC1. The fraction of sp³-hybridized carbons (Fsp3) is 1.00. The number of piperazine rings is 1. The van der Waals surface area contributed by atoms with E-state index in [1.807, 2.05) is 0 Å². The first-order chi connectivity index (χ1) is 8.74. The van der Waals surface area contributed by atoms with E-state index in [0.29, 0.717) is 5.25 Å². The second kappa shape index (κ2) is 5.72. The first-order valence-corrected chi connectivity index (χ1v) is 8.42. The summed E-state index contributed by atoms with van der Waals surface area (Å²) in [6, 6.07) is 1.85. The highest BCUT2D eigenvalue weighted by atomic mass is 32.1. The fourth-order valence-electron chi connectivity index (χ4n) is 3.86. The highest BCUT2D eigenvalue weighted by Crippen LogP contribution is 2.33. The van der Waals surface area contributed by atoms with Gasteiger partial charge >= 0.3 is 0 Å². The number of hydrogen-bond acceptors (Lipinski definition) is 3. The standard InChI is InChI=1S/C15H28N2S/c1-12(18)13-2-4-14(5-3-13)16-8-10-17(11-9-16)15-6-7-15/h12-15,18H,2-11H2,1H3. The van der Waals surface area contributed by atoms with Crippen LogP contribution in [0, 0.1) is 5.92 Å². The van der Waals surface area contributed by atoms with Crippen LogP contribution in [0.15, 0.2) is 0 Å². The van der Waals surface area contributed by atoms with Crippen molar-refractivity contribution in [1.29, 1.82) is 0 Å². The summed E-state index contributed by atoms with van der Waals surface area (Å²) < 4.78 is 0. The Morgan fingerprint density at radius 3 is 1.50 bits per heavy atom. The molecule has 0 N–H and O–H groups in total. The van der Waals surface area contributed by atoms with E-state index < -0.39 is 0 Å². The molecule has 104 valence electrons. The van der Waals surface area contributed by atoms with Gasteiger partial charge in [-0.2, -0.15) is 12.6 Å². The summed E-state index contributed by atoms with van der Waals surface area (Å²) in [5.74, 6) is 0.873. The predicted octanol–water partition coefficient (Wildman–Crippen LogP) is 2.64. The molecule has 1 heterocycles. The van der Waals surface area contributed by atoms with E-state index in [2.05, 4.69) is 29.4 Å². The third kappa shape index (κ3) is 3.05. The van der Waals surface area contributed by atoms with Crippen LogP contribution in [-0.2, 0) is 0 Å². The Morgan fingerprint density at radius 2 is 1.17 bits per heavy atom. The number of hydrogen-bond donors (Lipinski definition) is 1. The lowest BCUT2D eigenvalue weighted by molar-refractivity contribution is 0.0673. The van der Waals surface area contributed by atoms with E-state index in [9.17, 15) is 0 Å². The maximum Gasteiger partial charge on any atom is 0.0113 e. The van der Waals surface area contributed by atoms with Gasteiger partial charge in [0.25, 0.3) is 0 Å². The van der Waals surface area contributed by atoms with Gasteiger partial charge in [-0.25, -0.2) is 0 Å². The molecule has 0 aromatic heterocycles. The molecule has 1 saturated heterocycles. The first kappa shape index (κ1) is 13.3. The third-order valence-corrected chi connectivity index (χ3v) is 5.77. The Balaban J connectivity index is 1.43. The zero-order valence-corrected chi connectivity index (χ0v) is 12.6. The van der Waals surface area contributed by atoms with Gasteiger partial charge in [-0.05, 0) is 44.4 Å². The zero-order chi connectivity index (χ0) is 12.5. The number of thiol groups is 1. The quantitative estimate of drug-likeness (QED) is 0.786. The van der Waals surface area contributed by atoms with Crippen molar-refractivity contribution in [3.63, 3.8) is 0 Å². The fourth-order valence-corrected chi connectivity index (χ4v) is 4.15. The van der Waals surface area contributed by atoms with Gasteiger partial charge < -0.3 is 0 Å². The molecule has 18 heavy (non-hydrogen) atoms. The molecule has 0 aromatic carbocycles. The minimum Gasteiger partial charge on any atom is -0.298 e.